The molecule has 1 saturated heterocycles. The van der Waals surface area contributed by atoms with E-state index in [1.807, 2.05) is 0 Å². The molecule has 1 fully saturated rings. The van der Waals surface area contributed by atoms with E-state index in [0.29, 0.717) is 12.5 Å². The van der Waals surface area contributed by atoms with Gasteiger partial charge in [0.2, 0.25) is 0 Å². The Morgan fingerprint density at radius 1 is 1.07 bits per heavy atom. The molecule has 1 amide bonds. The highest BCUT2D eigenvalue weighted by Crippen LogP contribution is 2.37. The summed E-state index contributed by atoms with van der Waals surface area (Å²) in [5, 5.41) is 0. The minimum atomic E-state index is -1.32. The van der Waals surface area contributed by atoms with Crippen LogP contribution >= 0.6 is 0 Å². The molecule has 0 saturated carbocycles. The van der Waals surface area contributed by atoms with Crippen LogP contribution in [0.2, 0.25) is 0 Å². The summed E-state index contributed by atoms with van der Waals surface area (Å²) in [5.41, 5.74) is -1.93. The van der Waals surface area contributed by atoms with Gasteiger partial charge in [0.1, 0.15) is 28.8 Å². The second kappa shape index (κ2) is 8.85. The smallest absolute Gasteiger partial charge is 0.314 e. The zero-order chi connectivity index (χ0) is 21.9. The summed E-state index contributed by atoms with van der Waals surface area (Å²) >= 11 is 0. The Morgan fingerprint density at radius 3 is 2.40 bits per heavy atom. The molecule has 2 aromatic rings. The van der Waals surface area contributed by atoms with Crippen LogP contribution in [-0.4, -0.2) is 36.5 Å². The molecule has 0 aromatic heterocycles. The lowest BCUT2D eigenvalue weighted by Gasteiger charge is -2.41. The number of amides is 1. The molecule has 0 spiro atoms. The molecular weight excluding hydrogens is 402 g/mol. The van der Waals surface area contributed by atoms with Gasteiger partial charge in [0, 0.05) is 19.2 Å². The summed E-state index contributed by atoms with van der Waals surface area (Å²) < 4.78 is 60.9. The molecule has 0 radical (unpaired) electrons. The number of hydrogen-bond donors (Lipinski definition) is 0. The zero-order valence-electron chi connectivity index (χ0n) is 16.4. The number of nitrogens with zero attached hydrogens (tertiary/aromatic N) is 1. The maximum Gasteiger partial charge on any atom is 0.314 e. The van der Waals surface area contributed by atoms with Crippen molar-refractivity contribution in [3.05, 3.63) is 70.8 Å². The molecule has 0 aliphatic carbocycles. The molecule has 0 bridgehead atoms. The van der Waals surface area contributed by atoms with Gasteiger partial charge in [-0.1, -0.05) is 12.1 Å². The summed E-state index contributed by atoms with van der Waals surface area (Å²) in [6.07, 6.45) is 0.497. The quantitative estimate of drug-likeness (QED) is 0.533. The number of carbonyl (C=O) groups excluding carboxylic acids is 2. The van der Waals surface area contributed by atoms with Crippen LogP contribution in [0.1, 0.15) is 35.7 Å². The molecule has 3 rings (SSSR count). The van der Waals surface area contributed by atoms with Crippen LogP contribution in [0.5, 0.6) is 0 Å². The maximum absolute atomic E-state index is 14.3. The van der Waals surface area contributed by atoms with E-state index in [9.17, 15) is 27.2 Å². The van der Waals surface area contributed by atoms with Crippen LogP contribution in [0.4, 0.5) is 17.6 Å². The van der Waals surface area contributed by atoms with Gasteiger partial charge in [-0.3, -0.25) is 9.59 Å². The number of carbonyl (C=O) groups is 2. The van der Waals surface area contributed by atoms with E-state index in [1.165, 1.54) is 11.0 Å². The average molecular weight is 423 g/mol. The summed E-state index contributed by atoms with van der Waals surface area (Å²) in [7, 11) is 0. The number of esters is 1. The zero-order valence-corrected chi connectivity index (χ0v) is 16.4. The van der Waals surface area contributed by atoms with E-state index in [-0.39, 0.29) is 38.1 Å². The van der Waals surface area contributed by atoms with Crippen molar-refractivity contribution in [2.75, 3.05) is 19.7 Å². The van der Waals surface area contributed by atoms with E-state index in [0.717, 1.165) is 24.3 Å². The Hall–Kier alpha value is -2.90. The van der Waals surface area contributed by atoms with E-state index in [1.54, 1.807) is 6.92 Å². The highest BCUT2D eigenvalue weighted by atomic mass is 19.1. The normalized spacial score (nSPS) is 18.9. The van der Waals surface area contributed by atoms with Crippen LogP contribution in [0.3, 0.4) is 0 Å². The lowest BCUT2D eigenvalue weighted by molar-refractivity contribution is -0.158. The molecule has 30 heavy (non-hydrogen) atoms. The standard InChI is InChI=1S/C22H21F4NO3/c1-2-30-21(29)22(12-14-7-8-15(23)11-18(14)26)9-4-10-27(13-22)20(28)19-16(24)5-3-6-17(19)25/h3,5-8,11H,2,4,9-10,12-13H2,1H3. The SMILES string of the molecule is CCOC(=O)C1(Cc2ccc(F)cc2F)CCCN(C(=O)c2c(F)cccc2F)C1. The van der Waals surface area contributed by atoms with Crippen molar-refractivity contribution in [1.29, 1.82) is 0 Å². The lowest BCUT2D eigenvalue weighted by atomic mass is 9.74. The fraction of sp³-hybridized carbons (Fsp3) is 0.364. The summed E-state index contributed by atoms with van der Waals surface area (Å²) in [4.78, 5) is 26.9. The summed E-state index contributed by atoms with van der Waals surface area (Å²) in [6.45, 7) is 1.67. The van der Waals surface area contributed by atoms with Crippen molar-refractivity contribution in [2.45, 2.75) is 26.2 Å². The van der Waals surface area contributed by atoms with Gasteiger partial charge in [-0.2, -0.15) is 0 Å². The predicted octanol–water partition coefficient (Wildman–Crippen LogP) is 4.27. The second-order valence-electron chi connectivity index (χ2n) is 7.34. The van der Waals surface area contributed by atoms with Gasteiger partial charge in [0.25, 0.3) is 5.91 Å². The van der Waals surface area contributed by atoms with Crippen LogP contribution < -0.4 is 0 Å². The minimum absolute atomic E-state index is 0.0718. The Kier molecular flexibility index (Phi) is 6.43. The molecule has 0 N–H and O–H groups in total. The highest BCUT2D eigenvalue weighted by molar-refractivity contribution is 5.95. The Bertz CT molecular complexity index is 945. The van der Waals surface area contributed by atoms with Crippen molar-refractivity contribution in [2.24, 2.45) is 5.41 Å². The third-order valence-corrected chi connectivity index (χ3v) is 5.29. The molecule has 160 valence electrons. The van der Waals surface area contributed by atoms with Crippen molar-refractivity contribution in [3.8, 4) is 0 Å². The van der Waals surface area contributed by atoms with Crippen LogP contribution in [0.25, 0.3) is 0 Å². The van der Waals surface area contributed by atoms with Crippen molar-refractivity contribution in [3.63, 3.8) is 0 Å². The first-order valence-electron chi connectivity index (χ1n) is 9.62. The van der Waals surface area contributed by atoms with Crippen molar-refractivity contribution in [1.82, 2.24) is 4.90 Å². The number of piperidine rings is 1. The number of halogens is 4. The molecule has 4 nitrogen and oxygen atoms in total. The molecular formula is C22H21F4NO3. The van der Waals surface area contributed by atoms with Gasteiger partial charge in [-0.05, 0) is 49.9 Å². The Labute approximate surface area is 171 Å². The number of benzene rings is 2. The summed E-state index contributed by atoms with van der Waals surface area (Å²) in [5.74, 6) is -5.10. The third kappa shape index (κ3) is 4.32. The Balaban J connectivity index is 1.95. The van der Waals surface area contributed by atoms with E-state index >= 15 is 0 Å². The molecule has 1 aliphatic rings. The largest absolute Gasteiger partial charge is 0.466 e. The van der Waals surface area contributed by atoms with E-state index < -0.39 is 46.1 Å². The van der Waals surface area contributed by atoms with E-state index in [4.69, 9.17) is 4.74 Å². The molecule has 8 heteroatoms. The monoisotopic (exact) mass is 423 g/mol. The summed E-state index contributed by atoms with van der Waals surface area (Å²) in [6, 6.07) is 6.15. The average Bonchev–Trinajstić information content (AvgIpc) is 2.70. The number of ether oxygens (including phenoxy) is 1. The molecule has 1 heterocycles. The van der Waals surface area contributed by atoms with Gasteiger partial charge in [0.05, 0.1) is 12.0 Å². The first kappa shape index (κ1) is 21.8. The first-order valence-corrected chi connectivity index (χ1v) is 9.62. The highest BCUT2D eigenvalue weighted by Gasteiger charge is 2.45. The second-order valence-corrected chi connectivity index (χ2v) is 7.34. The topological polar surface area (TPSA) is 46.6 Å². The van der Waals surface area contributed by atoms with Crippen molar-refractivity contribution < 1.29 is 31.9 Å². The van der Waals surface area contributed by atoms with E-state index in [2.05, 4.69) is 0 Å². The van der Waals surface area contributed by atoms with Gasteiger partial charge in [-0.15, -0.1) is 0 Å². The van der Waals surface area contributed by atoms with Gasteiger partial charge >= 0.3 is 5.97 Å². The molecule has 1 unspecified atom stereocenters. The van der Waals surface area contributed by atoms with Crippen LogP contribution in [-0.2, 0) is 16.0 Å². The van der Waals surface area contributed by atoms with Crippen molar-refractivity contribution >= 4 is 11.9 Å². The predicted molar refractivity (Wildman–Crippen MR) is 101 cm³/mol. The first-order chi connectivity index (χ1) is 14.3. The molecule has 2 aromatic carbocycles. The Morgan fingerprint density at radius 2 is 1.77 bits per heavy atom. The number of rotatable bonds is 5. The van der Waals surface area contributed by atoms with Crippen LogP contribution in [0, 0.1) is 28.7 Å². The van der Waals surface area contributed by atoms with Gasteiger partial charge < -0.3 is 9.64 Å². The fourth-order valence-corrected chi connectivity index (χ4v) is 3.86. The van der Waals surface area contributed by atoms with Gasteiger partial charge in [0.15, 0.2) is 0 Å². The maximum atomic E-state index is 14.3. The molecule has 1 aliphatic heterocycles. The number of hydrogen-bond acceptors (Lipinski definition) is 3. The third-order valence-electron chi connectivity index (χ3n) is 5.29. The van der Waals surface area contributed by atoms with Crippen LogP contribution in [0.15, 0.2) is 36.4 Å². The fourth-order valence-electron chi connectivity index (χ4n) is 3.86. The number of likely N-dealkylation sites (tertiary alicyclic amines) is 1. The molecule has 1 atom stereocenters. The lowest BCUT2D eigenvalue weighted by Crippen LogP contribution is -2.52. The van der Waals surface area contributed by atoms with Gasteiger partial charge in [-0.25, -0.2) is 17.6 Å². The minimum Gasteiger partial charge on any atom is -0.466 e.